The van der Waals surface area contributed by atoms with Crippen LogP contribution in [0, 0.1) is 0 Å². The molecule has 5 nitrogen and oxygen atoms in total. The Hall–Kier alpha value is -2.34. The smallest absolute Gasteiger partial charge is 0.246 e. The van der Waals surface area contributed by atoms with Gasteiger partial charge in [-0.3, -0.25) is 9.59 Å². The highest BCUT2D eigenvalue weighted by Crippen LogP contribution is 2.17. The van der Waals surface area contributed by atoms with Gasteiger partial charge in [0.2, 0.25) is 12.3 Å². The molecule has 0 saturated carbocycles. The number of amides is 2. The standard InChI is InChI=1S/C14H15N3O2S/c1-17(13-5-6-20-9-13)14(19)8-15-11-3-2-4-12(7-11)16-10-18/h2-7,9-10,15H,8H2,1H3,(H,16,18). The van der Waals surface area contributed by atoms with Crippen molar-refractivity contribution < 1.29 is 9.59 Å². The lowest BCUT2D eigenvalue weighted by molar-refractivity contribution is -0.116. The number of hydrogen-bond acceptors (Lipinski definition) is 4. The molecular weight excluding hydrogens is 274 g/mol. The maximum atomic E-state index is 12.0. The van der Waals surface area contributed by atoms with E-state index in [1.54, 1.807) is 41.5 Å². The normalized spacial score (nSPS) is 9.85. The van der Waals surface area contributed by atoms with Crippen LogP contribution < -0.4 is 15.5 Å². The van der Waals surface area contributed by atoms with Crippen molar-refractivity contribution in [3.63, 3.8) is 0 Å². The van der Waals surface area contributed by atoms with Crippen molar-refractivity contribution in [2.75, 3.05) is 29.1 Å². The van der Waals surface area contributed by atoms with Crippen molar-refractivity contribution in [3.05, 3.63) is 41.1 Å². The molecule has 0 spiro atoms. The van der Waals surface area contributed by atoms with Gasteiger partial charge in [0.25, 0.3) is 0 Å². The largest absolute Gasteiger partial charge is 0.376 e. The number of nitrogens with zero attached hydrogens (tertiary/aromatic N) is 1. The summed E-state index contributed by atoms with van der Waals surface area (Å²) >= 11 is 1.55. The van der Waals surface area contributed by atoms with Crippen LogP contribution in [0.4, 0.5) is 17.1 Å². The highest BCUT2D eigenvalue weighted by atomic mass is 32.1. The van der Waals surface area contributed by atoms with E-state index in [0.29, 0.717) is 12.1 Å². The van der Waals surface area contributed by atoms with Crippen LogP contribution in [0.5, 0.6) is 0 Å². The first-order valence-electron chi connectivity index (χ1n) is 6.03. The number of carbonyl (C=O) groups is 2. The van der Waals surface area contributed by atoms with Gasteiger partial charge in [0, 0.05) is 23.8 Å². The van der Waals surface area contributed by atoms with Gasteiger partial charge in [0.15, 0.2) is 0 Å². The van der Waals surface area contributed by atoms with E-state index in [1.165, 1.54) is 0 Å². The molecule has 1 aromatic heterocycles. The van der Waals surface area contributed by atoms with Crippen LogP contribution in [0.15, 0.2) is 41.1 Å². The van der Waals surface area contributed by atoms with E-state index >= 15 is 0 Å². The summed E-state index contributed by atoms with van der Waals surface area (Å²) in [6.07, 6.45) is 0.620. The van der Waals surface area contributed by atoms with Gasteiger partial charge in [0.1, 0.15) is 0 Å². The van der Waals surface area contributed by atoms with Gasteiger partial charge < -0.3 is 15.5 Å². The minimum atomic E-state index is -0.0304. The maximum absolute atomic E-state index is 12.0. The fourth-order valence-corrected chi connectivity index (χ4v) is 2.35. The lowest BCUT2D eigenvalue weighted by atomic mass is 10.2. The SMILES string of the molecule is CN(C(=O)CNc1cccc(NC=O)c1)c1ccsc1. The van der Waals surface area contributed by atoms with E-state index in [4.69, 9.17) is 0 Å². The molecule has 0 aliphatic carbocycles. The number of rotatable bonds is 6. The van der Waals surface area contributed by atoms with E-state index in [1.807, 2.05) is 22.9 Å². The second-order valence-electron chi connectivity index (χ2n) is 4.13. The Bertz CT molecular complexity index is 584. The van der Waals surface area contributed by atoms with Crippen molar-refractivity contribution in [1.82, 2.24) is 0 Å². The molecule has 2 aromatic rings. The Morgan fingerprint density at radius 3 is 2.85 bits per heavy atom. The molecule has 0 aliphatic rings. The molecule has 2 N–H and O–H groups in total. The number of thiophene rings is 1. The first-order valence-corrected chi connectivity index (χ1v) is 6.98. The van der Waals surface area contributed by atoms with Crippen LogP contribution in [0.25, 0.3) is 0 Å². The summed E-state index contributed by atoms with van der Waals surface area (Å²) in [4.78, 5) is 24.0. The molecule has 20 heavy (non-hydrogen) atoms. The second-order valence-corrected chi connectivity index (χ2v) is 4.91. The summed E-state index contributed by atoms with van der Waals surface area (Å²) in [5.41, 5.74) is 2.35. The molecule has 2 amide bonds. The first kappa shape index (κ1) is 14.1. The van der Waals surface area contributed by atoms with Gasteiger partial charge in [-0.2, -0.15) is 11.3 Å². The molecular formula is C14H15N3O2S. The molecule has 0 atom stereocenters. The number of anilines is 3. The third-order valence-electron chi connectivity index (χ3n) is 2.80. The van der Waals surface area contributed by atoms with E-state index in [9.17, 15) is 9.59 Å². The lowest BCUT2D eigenvalue weighted by Gasteiger charge is -2.16. The molecule has 0 radical (unpaired) electrons. The monoisotopic (exact) mass is 289 g/mol. The summed E-state index contributed by atoms with van der Waals surface area (Å²) in [5, 5.41) is 9.46. The zero-order valence-corrected chi connectivity index (χ0v) is 11.8. The number of carbonyl (C=O) groups excluding carboxylic acids is 2. The molecule has 104 valence electrons. The molecule has 1 heterocycles. The van der Waals surface area contributed by atoms with E-state index in [2.05, 4.69) is 10.6 Å². The average Bonchev–Trinajstić information content (AvgIpc) is 2.99. The van der Waals surface area contributed by atoms with Gasteiger partial charge in [-0.1, -0.05) is 6.07 Å². The highest BCUT2D eigenvalue weighted by Gasteiger charge is 2.10. The molecule has 2 rings (SSSR count). The Labute approximate surface area is 121 Å². The lowest BCUT2D eigenvalue weighted by Crippen LogP contribution is -2.31. The van der Waals surface area contributed by atoms with Crippen molar-refractivity contribution in [1.29, 1.82) is 0 Å². The highest BCUT2D eigenvalue weighted by molar-refractivity contribution is 7.08. The summed E-state index contributed by atoms with van der Waals surface area (Å²) < 4.78 is 0. The summed E-state index contributed by atoms with van der Waals surface area (Å²) in [5.74, 6) is -0.0304. The van der Waals surface area contributed by atoms with E-state index in [0.717, 1.165) is 11.4 Å². The van der Waals surface area contributed by atoms with Crippen LogP contribution >= 0.6 is 11.3 Å². The zero-order valence-electron chi connectivity index (χ0n) is 11.0. The first-order chi connectivity index (χ1) is 9.70. The van der Waals surface area contributed by atoms with Gasteiger partial charge >= 0.3 is 0 Å². The van der Waals surface area contributed by atoms with Gasteiger partial charge in [-0.25, -0.2) is 0 Å². The fourth-order valence-electron chi connectivity index (χ4n) is 1.68. The van der Waals surface area contributed by atoms with Crippen LogP contribution in [0.1, 0.15) is 0 Å². The molecule has 0 saturated heterocycles. The van der Waals surface area contributed by atoms with Crippen molar-refractivity contribution in [2.24, 2.45) is 0 Å². The quantitative estimate of drug-likeness (QED) is 0.803. The minimum absolute atomic E-state index is 0.0304. The topological polar surface area (TPSA) is 61.4 Å². The number of likely N-dealkylation sites (N-methyl/N-ethyl adjacent to an activating group) is 1. The average molecular weight is 289 g/mol. The zero-order chi connectivity index (χ0) is 14.4. The molecule has 0 fully saturated rings. The molecule has 0 unspecified atom stereocenters. The Balaban J connectivity index is 1.93. The van der Waals surface area contributed by atoms with Crippen molar-refractivity contribution in [2.45, 2.75) is 0 Å². The number of nitrogens with one attached hydrogen (secondary N) is 2. The third-order valence-corrected chi connectivity index (χ3v) is 3.47. The predicted octanol–water partition coefficient (Wildman–Crippen LogP) is 2.39. The van der Waals surface area contributed by atoms with Crippen LogP contribution in [-0.4, -0.2) is 25.9 Å². The van der Waals surface area contributed by atoms with E-state index < -0.39 is 0 Å². The molecule has 6 heteroatoms. The third kappa shape index (κ3) is 3.58. The van der Waals surface area contributed by atoms with E-state index in [-0.39, 0.29) is 12.5 Å². The van der Waals surface area contributed by atoms with Crippen molar-refractivity contribution >= 4 is 40.7 Å². The van der Waals surface area contributed by atoms with Gasteiger partial charge in [-0.15, -0.1) is 0 Å². The summed E-state index contributed by atoms with van der Waals surface area (Å²) in [6, 6.07) is 9.09. The van der Waals surface area contributed by atoms with Gasteiger partial charge in [-0.05, 0) is 29.6 Å². The molecule has 1 aromatic carbocycles. The maximum Gasteiger partial charge on any atom is 0.246 e. The Kier molecular flexibility index (Phi) is 4.73. The minimum Gasteiger partial charge on any atom is -0.376 e. The summed E-state index contributed by atoms with van der Waals surface area (Å²) in [7, 11) is 1.75. The number of benzene rings is 1. The predicted molar refractivity (Wildman–Crippen MR) is 82.3 cm³/mol. The van der Waals surface area contributed by atoms with Crippen LogP contribution in [-0.2, 0) is 9.59 Å². The summed E-state index contributed by atoms with van der Waals surface area (Å²) in [6.45, 7) is 0.191. The van der Waals surface area contributed by atoms with Crippen LogP contribution in [0.3, 0.4) is 0 Å². The van der Waals surface area contributed by atoms with Gasteiger partial charge in [0.05, 0.1) is 12.2 Å². The second kappa shape index (κ2) is 6.72. The molecule has 0 bridgehead atoms. The Morgan fingerprint density at radius 2 is 2.15 bits per heavy atom. The van der Waals surface area contributed by atoms with Crippen molar-refractivity contribution in [3.8, 4) is 0 Å². The number of hydrogen-bond donors (Lipinski definition) is 2. The van der Waals surface area contributed by atoms with Crippen LogP contribution in [0.2, 0.25) is 0 Å². The Morgan fingerprint density at radius 1 is 1.35 bits per heavy atom. The molecule has 0 aliphatic heterocycles. The fraction of sp³-hybridized carbons (Fsp3) is 0.143.